The van der Waals surface area contributed by atoms with E-state index in [0.29, 0.717) is 11.1 Å². The molecular formula is C10H12BrNO3. The van der Waals surface area contributed by atoms with Crippen molar-refractivity contribution in [1.82, 2.24) is 5.32 Å². The number of phenols is 2. The number of hydrogen-bond acceptors (Lipinski definition) is 4. The van der Waals surface area contributed by atoms with E-state index in [4.69, 9.17) is 4.74 Å². The highest BCUT2D eigenvalue weighted by atomic mass is 79.9. The summed E-state index contributed by atoms with van der Waals surface area (Å²) in [6, 6.07) is 3.28. The molecule has 5 heteroatoms. The summed E-state index contributed by atoms with van der Waals surface area (Å²) in [5.74, 6) is -0.268. The number of aromatic hydroxyl groups is 2. The molecule has 1 fully saturated rings. The molecule has 2 rings (SSSR count). The van der Waals surface area contributed by atoms with Crippen molar-refractivity contribution < 1.29 is 14.9 Å². The maximum atomic E-state index is 9.46. The van der Waals surface area contributed by atoms with E-state index in [1.54, 1.807) is 6.07 Å². The van der Waals surface area contributed by atoms with Crippen LogP contribution in [0.3, 0.4) is 0 Å². The van der Waals surface area contributed by atoms with Gasteiger partial charge in [-0.25, -0.2) is 0 Å². The number of nitrogens with one attached hydrogen (secondary N) is 1. The van der Waals surface area contributed by atoms with Crippen LogP contribution in [-0.4, -0.2) is 29.9 Å². The van der Waals surface area contributed by atoms with Crippen molar-refractivity contribution in [2.24, 2.45) is 0 Å². The predicted molar refractivity (Wildman–Crippen MR) is 59.0 cm³/mol. The van der Waals surface area contributed by atoms with Crippen LogP contribution >= 0.6 is 15.9 Å². The molecule has 0 aliphatic carbocycles. The first kappa shape index (κ1) is 10.7. The van der Waals surface area contributed by atoms with Gasteiger partial charge in [0.05, 0.1) is 17.2 Å². The summed E-state index contributed by atoms with van der Waals surface area (Å²) in [5, 5.41) is 22.0. The van der Waals surface area contributed by atoms with Crippen LogP contribution in [0.25, 0.3) is 0 Å². The summed E-state index contributed by atoms with van der Waals surface area (Å²) in [7, 11) is 0. The SMILES string of the molecule is Oc1cc(C2CNCCO2)cc(Br)c1O. The van der Waals surface area contributed by atoms with Crippen molar-refractivity contribution in [2.75, 3.05) is 19.7 Å². The molecule has 0 radical (unpaired) electrons. The molecule has 1 aliphatic heterocycles. The Labute approximate surface area is 96.0 Å². The van der Waals surface area contributed by atoms with E-state index in [2.05, 4.69) is 21.2 Å². The third kappa shape index (κ3) is 2.25. The number of benzene rings is 1. The fourth-order valence-corrected chi connectivity index (χ4v) is 2.04. The van der Waals surface area contributed by atoms with E-state index in [9.17, 15) is 10.2 Å². The zero-order valence-electron chi connectivity index (χ0n) is 8.03. The van der Waals surface area contributed by atoms with Crippen molar-refractivity contribution in [3.63, 3.8) is 0 Å². The van der Waals surface area contributed by atoms with Gasteiger partial charge >= 0.3 is 0 Å². The van der Waals surface area contributed by atoms with Crippen LogP contribution in [0.1, 0.15) is 11.7 Å². The first-order chi connectivity index (χ1) is 7.18. The number of morpholine rings is 1. The van der Waals surface area contributed by atoms with Crippen LogP contribution in [0.4, 0.5) is 0 Å². The van der Waals surface area contributed by atoms with Crippen molar-refractivity contribution in [2.45, 2.75) is 6.10 Å². The highest BCUT2D eigenvalue weighted by Crippen LogP contribution is 2.36. The predicted octanol–water partition coefficient (Wildman–Crippen LogP) is 1.52. The number of hydrogen-bond donors (Lipinski definition) is 3. The molecule has 1 saturated heterocycles. The largest absolute Gasteiger partial charge is 0.504 e. The molecule has 0 bridgehead atoms. The summed E-state index contributed by atoms with van der Waals surface area (Å²) in [6.07, 6.45) is -0.0680. The van der Waals surface area contributed by atoms with Crippen LogP contribution in [0.2, 0.25) is 0 Å². The van der Waals surface area contributed by atoms with Crippen LogP contribution < -0.4 is 5.32 Å². The lowest BCUT2D eigenvalue weighted by atomic mass is 10.1. The molecule has 0 amide bonds. The van der Waals surface area contributed by atoms with E-state index >= 15 is 0 Å². The quantitative estimate of drug-likeness (QED) is 0.679. The van der Waals surface area contributed by atoms with E-state index in [-0.39, 0.29) is 17.6 Å². The molecular weight excluding hydrogens is 262 g/mol. The standard InChI is InChI=1S/C10H12BrNO3/c11-7-3-6(4-8(13)10(7)14)9-5-12-1-2-15-9/h3-4,9,12-14H,1-2,5H2. The summed E-state index contributed by atoms with van der Waals surface area (Å²) < 4.78 is 6.02. The fraction of sp³-hybridized carbons (Fsp3) is 0.400. The Morgan fingerprint density at radius 1 is 1.40 bits per heavy atom. The Kier molecular flexibility index (Phi) is 3.14. The topological polar surface area (TPSA) is 61.7 Å². The molecule has 1 aromatic carbocycles. The van der Waals surface area contributed by atoms with Gasteiger partial charge in [0.25, 0.3) is 0 Å². The van der Waals surface area contributed by atoms with Gasteiger partial charge in [-0.1, -0.05) is 0 Å². The Hall–Kier alpha value is -0.780. The normalized spacial score (nSPS) is 21.5. The van der Waals surface area contributed by atoms with Gasteiger partial charge in [0.2, 0.25) is 0 Å². The Morgan fingerprint density at radius 2 is 2.20 bits per heavy atom. The van der Waals surface area contributed by atoms with Gasteiger partial charge in [0.1, 0.15) is 0 Å². The Balaban J connectivity index is 2.27. The number of ether oxygens (including phenoxy) is 1. The highest BCUT2D eigenvalue weighted by Gasteiger charge is 2.18. The number of phenolic OH excluding ortho intramolecular Hbond substituents is 2. The molecule has 0 saturated carbocycles. The van der Waals surface area contributed by atoms with Crippen molar-refractivity contribution >= 4 is 15.9 Å². The minimum absolute atomic E-state index is 0.0680. The van der Waals surface area contributed by atoms with Gasteiger partial charge in [-0.05, 0) is 33.6 Å². The highest BCUT2D eigenvalue weighted by molar-refractivity contribution is 9.10. The molecule has 1 heterocycles. The van der Waals surface area contributed by atoms with E-state index < -0.39 is 0 Å². The van der Waals surface area contributed by atoms with Crippen molar-refractivity contribution in [1.29, 1.82) is 0 Å². The fourth-order valence-electron chi connectivity index (χ4n) is 1.57. The second kappa shape index (κ2) is 4.38. The second-order valence-corrected chi connectivity index (χ2v) is 4.29. The summed E-state index contributed by atoms with van der Waals surface area (Å²) >= 11 is 3.18. The lowest BCUT2D eigenvalue weighted by molar-refractivity contribution is 0.0275. The molecule has 15 heavy (non-hydrogen) atoms. The summed E-state index contributed by atoms with van der Waals surface area (Å²) in [6.45, 7) is 2.22. The van der Waals surface area contributed by atoms with Crippen LogP contribution in [0.5, 0.6) is 11.5 Å². The Bertz CT molecular complexity index is 341. The first-order valence-corrected chi connectivity index (χ1v) is 5.51. The van der Waals surface area contributed by atoms with Crippen molar-refractivity contribution in [3.8, 4) is 11.5 Å². The Morgan fingerprint density at radius 3 is 2.80 bits per heavy atom. The molecule has 3 N–H and O–H groups in total. The molecule has 0 spiro atoms. The molecule has 82 valence electrons. The third-order valence-corrected chi connectivity index (χ3v) is 2.97. The maximum Gasteiger partial charge on any atom is 0.171 e. The minimum atomic E-state index is -0.137. The summed E-state index contributed by atoms with van der Waals surface area (Å²) in [5.41, 5.74) is 0.851. The molecule has 1 atom stereocenters. The average molecular weight is 274 g/mol. The zero-order chi connectivity index (χ0) is 10.8. The van der Waals surface area contributed by atoms with E-state index in [1.807, 2.05) is 0 Å². The zero-order valence-corrected chi connectivity index (χ0v) is 9.62. The lowest BCUT2D eigenvalue weighted by Crippen LogP contribution is -2.33. The summed E-state index contributed by atoms with van der Waals surface area (Å²) in [4.78, 5) is 0. The number of halogens is 1. The minimum Gasteiger partial charge on any atom is -0.504 e. The maximum absolute atomic E-state index is 9.46. The third-order valence-electron chi connectivity index (χ3n) is 2.37. The van der Waals surface area contributed by atoms with E-state index in [1.165, 1.54) is 6.07 Å². The molecule has 1 aliphatic rings. The smallest absolute Gasteiger partial charge is 0.171 e. The molecule has 4 nitrogen and oxygen atoms in total. The van der Waals surface area contributed by atoms with Crippen LogP contribution in [-0.2, 0) is 4.74 Å². The van der Waals surface area contributed by atoms with Gasteiger partial charge in [-0.2, -0.15) is 0 Å². The monoisotopic (exact) mass is 273 g/mol. The van der Waals surface area contributed by atoms with E-state index in [0.717, 1.165) is 18.7 Å². The molecule has 0 aromatic heterocycles. The van der Waals surface area contributed by atoms with Crippen LogP contribution in [0, 0.1) is 0 Å². The average Bonchev–Trinajstić information content (AvgIpc) is 2.26. The van der Waals surface area contributed by atoms with Gasteiger partial charge in [0.15, 0.2) is 11.5 Å². The molecule has 1 unspecified atom stereocenters. The second-order valence-electron chi connectivity index (χ2n) is 3.43. The first-order valence-electron chi connectivity index (χ1n) is 4.72. The van der Waals surface area contributed by atoms with Gasteiger partial charge in [0, 0.05) is 13.1 Å². The van der Waals surface area contributed by atoms with Crippen LogP contribution in [0.15, 0.2) is 16.6 Å². The van der Waals surface area contributed by atoms with Gasteiger partial charge < -0.3 is 20.3 Å². The number of rotatable bonds is 1. The van der Waals surface area contributed by atoms with Crippen molar-refractivity contribution in [3.05, 3.63) is 22.2 Å². The van der Waals surface area contributed by atoms with Gasteiger partial charge in [-0.3, -0.25) is 0 Å². The lowest BCUT2D eigenvalue weighted by Gasteiger charge is -2.24. The van der Waals surface area contributed by atoms with Gasteiger partial charge in [-0.15, -0.1) is 0 Å². The molecule has 1 aromatic rings.